The Morgan fingerprint density at radius 3 is 2.20 bits per heavy atom. The fourth-order valence-electron chi connectivity index (χ4n) is 1.53. The van der Waals surface area contributed by atoms with Gasteiger partial charge in [-0.1, -0.05) is 11.6 Å². The van der Waals surface area contributed by atoms with E-state index >= 15 is 0 Å². The maximum absolute atomic E-state index is 5.91. The summed E-state index contributed by atoms with van der Waals surface area (Å²) in [5.41, 5.74) is 2.30. The molecule has 1 aromatic rings. The average Bonchev–Trinajstić information content (AvgIpc) is 2.17. The number of rotatable bonds is 5. The van der Waals surface area contributed by atoms with E-state index < -0.39 is 0 Å². The van der Waals surface area contributed by atoms with Crippen LogP contribution in [0.2, 0.25) is 5.02 Å². The molecule has 0 aromatic heterocycles. The van der Waals surface area contributed by atoms with Crippen molar-refractivity contribution in [2.45, 2.75) is 6.92 Å². The van der Waals surface area contributed by atoms with Gasteiger partial charge in [0.05, 0.1) is 0 Å². The van der Waals surface area contributed by atoms with E-state index in [1.807, 2.05) is 25.1 Å². The summed E-state index contributed by atoms with van der Waals surface area (Å²) in [6, 6.07) is 5.85. The van der Waals surface area contributed by atoms with E-state index in [0.29, 0.717) is 11.8 Å². The highest BCUT2D eigenvalue weighted by Crippen LogP contribution is 2.23. The van der Waals surface area contributed by atoms with Crippen LogP contribution in [-0.2, 0) is 0 Å². The van der Waals surface area contributed by atoms with E-state index in [1.165, 1.54) is 0 Å². The van der Waals surface area contributed by atoms with Gasteiger partial charge in [-0.15, -0.1) is 23.2 Å². The molecule has 0 aliphatic rings. The van der Waals surface area contributed by atoms with Gasteiger partial charge in [-0.3, -0.25) is 0 Å². The van der Waals surface area contributed by atoms with Crippen LogP contribution in [0.5, 0.6) is 0 Å². The minimum absolute atomic E-state index is 0.596. The maximum atomic E-state index is 5.91. The molecule has 84 valence electrons. The minimum Gasteiger partial charge on any atom is -0.369 e. The van der Waals surface area contributed by atoms with Gasteiger partial charge in [0.1, 0.15) is 0 Å². The molecule has 0 bridgehead atoms. The molecule has 0 heterocycles. The second kappa shape index (κ2) is 6.47. The SMILES string of the molecule is Cc1cc(Cl)ccc1N(CCCl)CCCl. The molecule has 0 saturated carbocycles. The lowest BCUT2D eigenvalue weighted by Crippen LogP contribution is -2.28. The van der Waals surface area contributed by atoms with Crippen molar-refractivity contribution in [1.29, 1.82) is 0 Å². The number of hydrogen-bond donors (Lipinski definition) is 0. The van der Waals surface area contributed by atoms with Gasteiger partial charge in [-0.05, 0) is 30.7 Å². The van der Waals surface area contributed by atoms with Crippen LogP contribution in [0.3, 0.4) is 0 Å². The number of halogens is 3. The van der Waals surface area contributed by atoms with Crippen molar-refractivity contribution in [3.63, 3.8) is 0 Å². The molecule has 1 rings (SSSR count). The summed E-state index contributed by atoms with van der Waals surface area (Å²) >= 11 is 17.4. The number of nitrogens with zero attached hydrogens (tertiary/aromatic N) is 1. The van der Waals surface area contributed by atoms with Gasteiger partial charge in [0.25, 0.3) is 0 Å². The van der Waals surface area contributed by atoms with Gasteiger partial charge >= 0.3 is 0 Å². The maximum Gasteiger partial charge on any atom is 0.0410 e. The van der Waals surface area contributed by atoms with Crippen LogP contribution in [0.1, 0.15) is 5.56 Å². The molecule has 0 radical (unpaired) electrons. The van der Waals surface area contributed by atoms with Crippen LogP contribution in [0, 0.1) is 6.92 Å². The third-order valence-corrected chi connectivity index (χ3v) is 2.78. The van der Waals surface area contributed by atoms with Gasteiger partial charge < -0.3 is 4.90 Å². The number of hydrogen-bond acceptors (Lipinski definition) is 1. The molecular weight excluding hydrogens is 252 g/mol. The van der Waals surface area contributed by atoms with Crippen molar-refractivity contribution in [3.8, 4) is 0 Å². The summed E-state index contributed by atoms with van der Waals surface area (Å²) < 4.78 is 0. The van der Waals surface area contributed by atoms with Gasteiger partial charge in [0.15, 0.2) is 0 Å². The van der Waals surface area contributed by atoms with E-state index in [0.717, 1.165) is 29.4 Å². The lowest BCUT2D eigenvalue weighted by Gasteiger charge is -2.24. The first-order chi connectivity index (χ1) is 7.19. The number of aryl methyl sites for hydroxylation is 1. The van der Waals surface area contributed by atoms with E-state index in [-0.39, 0.29) is 0 Å². The third kappa shape index (κ3) is 3.75. The van der Waals surface area contributed by atoms with Crippen molar-refractivity contribution in [3.05, 3.63) is 28.8 Å². The van der Waals surface area contributed by atoms with Crippen LogP contribution >= 0.6 is 34.8 Å². The molecule has 15 heavy (non-hydrogen) atoms. The predicted molar refractivity (Wildman–Crippen MR) is 69.8 cm³/mol. The topological polar surface area (TPSA) is 3.24 Å². The molecule has 1 nitrogen and oxygen atoms in total. The average molecular weight is 267 g/mol. The first-order valence-electron chi connectivity index (χ1n) is 4.82. The summed E-state index contributed by atoms with van der Waals surface area (Å²) in [7, 11) is 0. The predicted octanol–water partition coefficient (Wildman–Crippen LogP) is 3.93. The molecule has 0 spiro atoms. The highest BCUT2D eigenvalue weighted by Gasteiger charge is 2.08. The van der Waals surface area contributed by atoms with Gasteiger partial charge in [-0.2, -0.15) is 0 Å². The monoisotopic (exact) mass is 265 g/mol. The van der Waals surface area contributed by atoms with Crippen LogP contribution < -0.4 is 4.90 Å². The highest BCUT2D eigenvalue weighted by atomic mass is 35.5. The lowest BCUT2D eigenvalue weighted by molar-refractivity contribution is 0.869. The summed E-state index contributed by atoms with van der Waals surface area (Å²) in [6.07, 6.45) is 0. The molecule has 0 saturated heterocycles. The molecule has 0 amide bonds. The van der Waals surface area contributed by atoms with Gasteiger partial charge in [-0.25, -0.2) is 0 Å². The second-order valence-corrected chi connectivity index (χ2v) is 4.49. The Balaban J connectivity index is 2.89. The smallest absolute Gasteiger partial charge is 0.0410 e. The number of anilines is 1. The summed E-state index contributed by atoms with van der Waals surface area (Å²) in [6.45, 7) is 3.64. The highest BCUT2D eigenvalue weighted by molar-refractivity contribution is 6.30. The minimum atomic E-state index is 0.596. The Labute approximate surface area is 106 Å². The summed E-state index contributed by atoms with van der Waals surface area (Å²) in [5.74, 6) is 1.19. The zero-order valence-electron chi connectivity index (χ0n) is 8.64. The molecule has 0 aliphatic heterocycles. The molecule has 0 fully saturated rings. The van der Waals surface area contributed by atoms with E-state index in [2.05, 4.69) is 4.90 Å². The molecule has 0 N–H and O–H groups in total. The van der Waals surface area contributed by atoms with Gasteiger partial charge in [0, 0.05) is 35.6 Å². The van der Waals surface area contributed by atoms with Crippen molar-refractivity contribution in [2.75, 3.05) is 29.7 Å². The van der Waals surface area contributed by atoms with Crippen molar-refractivity contribution in [1.82, 2.24) is 0 Å². The zero-order chi connectivity index (χ0) is 11.3. The van der Waals surface area contributed by atoms with E-state index in [9.17, 15) is 0 Å². The lowest BCUT2D eigenvalue weighted by atomic mass is 10.2. The quantitative estimate of drug-likeness (QED) is 0.730. The Morgan fingerprint density at radius 2 is 1.73 bits per heavy atom. The summed E-state index contributed by atoms with van der Waals surface area (Å²) in [4.78, 5) is 2.17. The zero-order valence-corrected chi connectivity index (χ0v) is 10.9. The fourth-order valence-corrected chi connectivity index (χ4v) is 2.17. The van der Waals surface area contributed by atoms with Crippen molar-refractivity contribution >= 4 is 40.5 Å². The standard InChI is InChI=1S/C11H14Cl3N/c1-9-8-10(14)2-3-11(9)15(6-4-12)7-5-13/h2-3,8H,4-7H2,1H3. The van der Waals surface area contributed by atoms with E-state index in [4.69, 9.17) is 34.8 Å². The van der Waals surface area contributed by atoms with Gasteiger partial charge in [0.2, 0.25) is 0 Å². The molecule has 1 aromatic carbocycles. The molecule has 0 aliphatic carbocycles. The van der Waals surface area contributed by atoms with Crippen molar-refractivity contribution in [2.24, 2.45) is 0 Å². The first kappa shape index (κ1) is 13.0. The van der Waals surface area contributed by atoms with Crippen LogP contribution in [0.15, 0.2) is 18.2 Å². The number of benzene rings is 1. The number of alkyl halides is 2. The fraction of sp³-hybridized carbons (Fsp3) is 0.455. The largest absolute Gasteiger partial charge is 0.369 e. The molecule has 4 heteroatoms. The second-order valence-electron chi connectivity index (χ2n) is 3.30. The van der Waals surface area contributed by atoms with E-state index in [1.54, 1.807) is 0 Å². The first-order valence-corrected chi connectivity index (χ1v) is 6.26. The normalized spacial score (nSPS) is 10.4. The Morgan fingerprint density at radius 1 is 1.13 bits per heavy atom. The third-order valence-electron chi connectivity index (χ3n) is 2.21. The Bertz CT molecular complexity index is 309. The van der Waals surface area contributed by atoms with Crippen LogP contribution in [0.25, 0.3) is 0 Å². The Kier molecular flexibility index (Phi) is 5.59. The van der Waals surface area contributed by atoms with Crippen molar-refractivity contribution < 1.29 is 0 Å². The van der Waals surface area contributed by atoms with Crippen LogP contribution in [0.4, 0.5) is 5.69 Å². The molecule has 0 unspecified atom stereocenters. The summed E-state index contributed by atoms with van der Waals surface area (Å²) in [5, 5.41) is 0.757. The molecule has 0 atom stereocenters. The molecular formula is C11H14Cl3N. The Hall–Kier alpha value is -0.110. The van der Waals surface area contributed by atoms with Crippen LogP contribution in [-0.4, -0.2) is 24.8 Å².